The van der Waals surface area contributed by atoms with Crippen LogP contribution >= 0.6 is 0 Å². The maximum absolute atomic E-state index is 11.0. The largest absolute Gasteiger partial charge is 0.369 e. The van der Waals surface area contributed by atoms with Gasteiger partial charge in [0.15, 0.2) is 0 Å². The molecule has 1 fully saturated rings. The Labute approximate surface area is 72.3 Å². The van der Waals surface area contributed by atoms with E-state index in [2.05, 4.69) is 0 Å². The smallest absolute Gasteiger partial charge is 0.221 e. The molecule has 0 aromatic rings. The van der Waals surface area contributed by atoms with Crippen molar-refractivity contribution in [2.45, 2.75) is 32.6 Å². The number of hydrogen-bond donors (Lipinski definition) is 1. The number of Topliss-reactive ketones (excluding diaryl/α,β-unsaturated/α-hetero) is 1. The molecule has 1 aliphatic carbocycles. The van der Waals surface area contributed by atoms with Crippen LogP contribution in [-0.2, 0) is 9.59 Å². The monoisotopic (exact) mass is 169 g/mol. The summed E-state index contributed by atoms with van der Waals surface area (Å²) in [6.07, 6.45) is 2.78. The van der Waals surface area contributed by atoms with E-state index in [1.54, 1.807) is 0 Å². The van der Waals surface area contributed by atoms with Gasteiger partial charge in [0, 0.05) is 18.8 Å². The molecule has 0 aromatic carbocycles. The molecule has 0 spiro atoms. The van der Waals surface area contributed by atoms with Crippen LogP contribution in [0, 0.1) is 11.8 Å². The van der Waals surface area contributed by atoms with E-state index in [1.807, 2.05) is 6.92 Å². The van der Waals surface area contributed by atoms with Crippen LogP contribution in [0.2, 0.25) is 0 Å². The number of primary amides is 1. The van der Waals surface area contributed by atoms with Crippen molar-refractivity contribution in [1.29, 1.82) is 0 Å². The molecule has 2 unspecified atom stereocenters. The van der Waals surface area contributed by atoms with Gasteiger partial charge in [0.05, 0.1) is 0 Å². The summed E-state index contributed by atoms with van der Waals surface area (Å²) in [4.78, 5) is 22.0. The van der Waals surface area contributed by atoms with E-state index in [0.717, 1.165) is 12.8 Å². The van der Waals surface area contributed by atoms with E-state index in [0.29, 0.717) is 18.8 Å². The summed E-state index contributed by atoms with van der Waals surface area (Å²) in [5.41, 5.74) is 5.20. The zero-order chi connectivity index (χ0) is 9.14. The number of nitrogens with two attached hydrogens (primary N) is 1. The molecule has 1 amide bonds. The summed E-state index contributed by atoms with van der Waals surface area (Å²) in [6, 6.07) is 0. The summed E-state index contributed by atoms with van der Waals surface area (Å²) in [7, 11) is 0. The van der Waals surface area contributed by atoms with Crippen LogP contribution in [0.1, 0.15) is 32.6 Å². The molecule has 1 aliphatic rings. The van der Waals surface area contributed by atoms with Crippen molar-refractivity contribution in [1.82, 2.24) is 0 Å². The molecule has 0 bridgehead atoms. The lowest BCUT2D eigenvalue weighted by molar-refractivity contribution is -0.131. The van der Waals surface area contributed by atoms with Gasteiger partial charge in [-0.05, 0) is 12.3 Å². The van der Waals surface area contributed by atoms with Gasteiger partial charge in [-0.3, -0.25) is 9.59 Å². The Morgan fingerprint density at radius 3 is 2.83 bits per heavy atom. The fraction of sp³-hybridized carbons (Fsp3) is 0.778. The average Bonchev–Trinajstić information content (AvgIpc) is 2.04. The normalized spacial score (nSPS) is 30.2. The molecule has 12 heavy (non-hydrogen) atoms. The Hall–Kier alpha value is -0.860. The topological polar surface area (TPSA) is 60.2 Å². The lowest BCUT2D eigenvalue weighted by atomic mass is 9.77. The van der Waals surface area contributed by atoms with Crippen molar-refractivity contribution in [3.63, 3.8) is 0 Å². The van der Waals surface area contributed by atoms with E-state index in [4.69, 9.17) is 5.73 Å². The quantitative estimate of drug-likeness (QED) is 0.666. The zero-order valence-corrected chi connectivity index (χ0v) is 7.38. The summed E-state index contributed by atoms with van der Waals surface area (Å²) in [5, 5.41) is 0. The molecule has 1 saturated carbocycles. The lowest BCUT2D eigenvalue weighted by Gasteiger charge is -2.27. The van der Waals surface area contributed by atoms with E-state index in [-0.39, 0.29) is 17.6 Å². The van der Waals surface area contributed by atoms with Crippen molar-refractivity contribution >= 4 is 11.7 Å². The van der Waals surface area contributed by atoms with E-state index >= 15 is 0 Å². The fourth-order valence-corrected chi connectivity index (χ4v) is 1.88. The van der Waals surface area contributed by atoms with Gasteiger partial charge in [-0.1, -0.05) is 13.3 Å². The molecule has 0 aliphatic heterocycles. The van der Waals surface area contributed by atoms with Gasteiger partial charge in [-0.2, -0.15) is 0 Å². The van der Waals surface area contributed by atoms with E-state index < -0.39 is 0 Å². The minimum absolute atomic E-state index is 0.184. The molecule has 0 radical (unpaired) electrons. The molecule has 3 nitrogen and oxygen atoms in total. The zero-order valence-electron chi connectivity index (χ0n) is 7.38. The summed E-state index contributed by atoms with van der Waals surface area (Å²) in [6.45, 7) is 2.04. The van der Waals surface area contributed by atoms with Crippen LogP contribution in [0.25, 0.3) is 0 Å². The average molecular weight is 169 g/mol. The molecule has 0 aromatic heterocycles. The highest BCUT2D eigenvalue weighted by atomic mass is 16.1. The van der Waals surface area contributed by atoms with Crippen LogP contribution in [-0.4, -0.2) is 11.7 Å². The minimum Gasteiger partial charge on any atom is -0.369 e. The third-order valence-corrected chi connectivity index (χ3v) is 2.70. The first-order chi connectivity index (χ1) is 5.65. The van der Waals surface area contributed by atoms with Crippen LogP contribution in [0.5, 0.6) is 0 Å². The third-order valence-electron chi connectivity index (χ3n) is 2.70. The first-order valence-corrected chi connectivity index (χ1v) is 4.46. The van der Waals surface area contributed by atoms with Gasteiger partial charge in [0.1, 0.15) is 5.78 Å². The first-order valence-electron chi connectivity index (χ1n) is 4.46. The Bertz CT molecular complexity index is 201. The predicted molar refractivity (Wildman–Crippen MR) is 45.3 cm³/mol. The van der Waals surface area contributed by atoms with Crippen molar-refractivity contribution in [2.24, 2.45) is 17.6 Å². The molecule has 0 saturated heterocycles. The second kappa shape index (κ2) is 3.70. The number of hydrogen-bond acceptors (Lipinski definition) is 2. The molecule has 68 valence electrons. The van der Waals surface area contributed by atoms with Gasteiger partial charge in [-0.25, -0.2) is 0 Å². The third kappa shape index (κ3) is 1.84. The maximum atomic E-state index is 11.0. The summed E-state index contributed by atoms with van der Waals surface area (Å²) < 4.78 is 0. The Balaban J connectivity index is 2.64. The van der Waals surface area contributed by atoms with Gasteiger partial charge in [-0.15, -0.1) is 0 Å². The molecule has 0 heterocycles. The second-order valence-corrected chi connectivity index (χ2v) is 3.46. The number of carbonyl (C=O) groups is 2. The second-order valence-electron chi connectivity index (χ2n) is 3.46. The van der Waals surface area contributed by atoms with Crippen LogP contribution < -0.4 is 5.73 Å². The number of amides is 1. The molecular formula is C9H15NO2. The highest BCUT2D eigenvalue weighted by molar-refractivity contribution is 5.87. The SMILES string of the molecule is CCC1CCC(=O)CC1C(N)=O. The van der Waals surface area contributed by atoms with Crippen molar-refractivity contribution in [2.75, 3.05) is 0 Å². The Kier molecular flexibility index (Phi) is 2.84. The lowest BCUT2D eigenvalue weighted by Crippen LogP contribution is -2.35. The first kappa shape index (κ1) is 9.23. The van der Waals surface area contributed by atoms with Crippen LogP contribution in [0.15, 0.2) is 0 Å². The number of carbonyl (C=O) groups excluding carboxylic acids is 2. The highest BCUT2D eigenvalue weighted by Gasteiger charge is 2.31. The summed E-state index contributed by atoms with van der Waals surface area (Å²) in [5.74, 6) is 0.00912. The van der Waals surface area contributed by atoms with E-state index in [1.165, 1.54) is 0 Å². The molecular weight excluding hydrogens is 154 g/mol. The standard InChI is InChI=1S/C9H15NO2/c1-2-6-3-4-7(11)5-8(6)9(10)12/h6,8H,2-5H2,1H3,(H2,10,12). The maximum Gasteiger partial charge on any atom is 0.221 e. The van der Waals surface area contributed by atoms with Crippen LogP contribution in [0.3, 0.4) is 0 Å². The summed E-state index contributed by atoms with van der Waals surface area (Å²) >= 11 is 0. The van der Waals surface area contributed by atoms with Crippen molar-refractivity contribution < 1.29 is 9.59 Å². The van der Waals surface area contributed by atoms with Crippen LogP contribution in [0.4, 0.5) is 0 Å². The Morgan fingerprint density at radius 1 is 1.67 bits per heavy atom. The molecule has 3 heteroatoms. The van der Waals surface area contributed by atoms with Crippen molar-refractivity contribution in [3.8, 4) is 0 Å². The minimum atomic E-state index is -0.310. The predicted octanol–water partition coefficient (Wildman–Crippen LogP) is 0.867. The highest BCUT2D eigenvalue weighted by Crippen LogP contribution is 2.29. The molecule has 2 N–H and O–H groups in total. The fourth-order valence-electron chi connectivity index (χ4n) is 1.88. The molecule has 2 atom stereocenters. The van der Waals surface area contributed by atoms with Gasteiger partial charge >= 0.3 is 0 Å². The van der Waals surface area contributed by atoms with Gasteiger partial charge in [0.2, 0.25) is 5.91 Å². The Morgan fingerprint density at radius 2 is 2.33 bits per heavy atom. The number of ketones is 1. The van der Waals surface area contributed by atoms with E-state index in [9.17, 15) is 9.59 Å². The molecule has 1 rings (SSSR count). The van der Waals surface area contributed by atoms with Crippen molar-refractivity contribution in [3.05, 3.63) is 0 Å². The van der Waals surface area contributed by atoms with Gasteiger partial charge < -0.3 is 5.73 Å². The number of rotatable bonds is 2. The van der Waals surface area contributed by atoms with Gasteiger partial charge in [0.25, 0.3) is 0 Å².